The van der Waals surface area contributed by atoms with Crippen molar-refractivity contribution < 1.29 is 0 Å². The number of fused-ring (bicyclic) bond motifs is 1. The summed E-state index contributed by atoms with van der Waals surface area (Å²) in [4.78, 5) is 0. The van der Waals surface area contributed by atoms with E-state index in [0.717, 1.165) is 18.5 Å². The number of rotatable bonds is 4. The lowest BCUT2D eigenvalue weighted by Crippen LogP contribution is -2.11. The fourth-order valence-corrected chi connectivity index (χ4v) is 2.03. The minimum Gasteiger partial charge on any atom is -0.347 e. The van der Waals surface area contributed by atoms with Gasteiger partial charge in [-0.25, -0.2) is 0 Å². The van der Waals surface area contributed by atoms with Gasteiger partial charge >= 0.3 is 0 Å². The van der Waals surface area contributed by atoms with Gasteiger partial charge in [-0.15, -0.1) is 0 Å². The maximum absolute atomic E-state index is 9.03. The van der Waals surface area contributed by atoms with E-state index in [1.54, 1.807) is 0 Å². The molecule has 2 rings (SSSR count). The molecule has 0 fully saturated rings. The quantitative estimate of drug-likeness (QED) is 0.894. The van der Waals surface area contributed by atoms with Crippen molar-refractivity contribution in [2.24, 2.45) is 11.1 Å². The van der Waals surface area contributed by atoms with E-state index in [4.69, 9.17) is 11.0 Å². The number of hydrogen-bond donors (Lipinski definition) is 1. The smallest absolute Gasteiger partial charge is 0.0684 e. The number of nitrogens with two attached hydrogens (primary N) is 1. The van der Waals surface area contributed by atoms with Crippen molar-refractivity contribution in [3.8, 4) is 6.07 Å². The van der Waals surface area contributed by atoms with Crippen LogP contribution in [0, 0.1) is 16.7 Å². The Morgan fingerprint density at radius 2 is 2.11 bits per heavy atom. The normalized spacial score (nSPS) is 11.7. The molecule has 0 bridgehead atoms. The highest BCUT2D eigenvalue weighted by molar-refractivity contribution is 5.80. The van der Waals surface area contributed by atoms with E-state index in [9.17, 15) is 0 Å². The summed E-state index contributed by atoms with van der Waals surface area (Å²) < 4.78 is 2.20. The van der Waals surface area contributed by atoms with Crippen molar-refractivity contribution in [1.82, 2.24) is 4.57 Å². The summed E-state index contributed by atoms with van der Waals surface area (Å²) >= 11 is 0. The van der Waals surface area contributed by atoms with E-state index in [-0.39, 0.29) is 5.41 Å². The summed E-state index contributed by atoms with van der Waals surface area (Å²) in [7, 11) is 0. The van der Waals surface area contributed by atoms with Crippen LogP contribution in [0.5, 0.6) is 0 Å². The van der Waals surface area contributed by atoms with Gasteiger partial charge in [0.2, 0.25) is 0 Å². The second-order valence-corrected chi connectivity index (χ2v) is 5.35. The van der Waals surface area contributed by atoms with Crippen LogP contribution in [0.2, 0.25) is 0 Å². The highest BCUT2D eigenvalue weighted by Gasteiger charge is 2.16. The number of hydrogen-bond acceptors (Lipinski definition) is 2. The maximum atomic E-state index is 9.03. The van der Waals surface area contributed by atoms with Crippen molar-refractivity contribution in [2.45, 2.75) is 33.4 Å². The Morgan fingerprint density at radius 3 is 2.78 bits per heavy atom. The summed E-state index contributed by atoms with van der Waals surface area (Å²) in [6.07, 6.45) is 2.93. The van der Waals surface area contributed by atoms with Gasteiger partial charge in [0.1, 0.15) is 0 Å². The Balaban J connectivity index is 2.23. The predicted molar refractivity (Wildman–Crippen MR) is 73.8 cm³/mol. The van der Waals surface area contributed by atoms with Crippen LogP contribution in [0.4, 0.5) is 0 Å². The molecular formula is C15H19N3. The molecule has 0 spiro atoms. The third kappa shape index (κ3) is 2.55. The molecule has 0 aliphatic carbocycles. The highest BCUT2D eigenvalue weighted by atomic mass is 14.9. The third-order valence-corrected chi connectivity index (χ3v) is 3.35. The highest BCUT2D eigenvalue weighted by Crippen LogP contribution is 2.23. The molecule has 2 N–H and O–H groups in total. The summed E-state index contributed by atoms with van der Waals surface area (Å²) in [5.41, 5.74) is 7.73. The van der Waals surface area contributed by atoms with Gasteiger partial charge in [-0.1, -0.05) is 6.07 Å². The molecule has 1 aromatic heterocycles. The van der Waals surface area contributed by atoms with Gasteiger partial charge in [0.05, 0.1) is 11.5 Å². The molecular weight excluding hydrogens is 222 g/mol. The first kappa shape index (κ1) is 12.7. The van der Waals surface area contributed by atoms with Crippen molar-refractivity contribution in [3.05, 3.63) is 36.0 Å². The van der Waals surface area contributed by atoms with Crippen molar-refractivity contribution in [2.75, 3.05) is 0 Å². The molecule has 18 heavy (non-hydrogen) atoms. The number of nitriles is 1. The van der Waals surface area contributed by atoms with E-state index in [1.165, 1.54) is 10.9 Å². The number of nitrogens with zero attached hydrogens (tertiary/aromatic N) is 2. The molecule has 2 aromatic rings. The van der Waals surface area contributed by atoms with Gasteiger partial charge in [0.25, 0.3) is 0 Å². The molecule has 3 heteroatoms. The first-order chi connectivity index (χ1) is 8.55. The molecule has 3 nitrogen and oxygen atoms in total. The summed E-state index contributed by atoms with van der Waals surface area (Å²) in [6.45, 7) is 5.39. The SMILES string of the molecule is CC(C)(C#N)CCn1ccc2cc(CN)ccc21. The lowest BCUT2D eigenvalue weighted by Gasteiger charge is -2.15. The second-order valence-electron chi connectivity index (χ2n) is 5.35. The van der Waals surface area contributed by atoms with Crippen molar-refractivity contribution in [1.29, 1.82) is 5.26 Å². The molecule has 1 heterocycles. The first-order valence-corrected chi connectivity index (χ1v) is 6.25. The molecule has 1 aromatic carbocycles. The second kappa shape index (κ2) is 4.83. The Kier molecular flexibility index (Phi) is 3.40. The average Bonchev–Trinajstić information content (AvgIpc) is 2.78. The standard InChI is InChI=1S/C15H19N3/c1-15(2,11-17)6-8-18-7-5-13-9-12(10-16)3-4-14(13)18/h3-5,7,9H,6,8,10,16H2,1-2H3. The Hall–Kier alpha value is -1.79. The van der Waals surface area contributed by atoms with Crippen molar-refractivity contribution >= 4 is 10.9 Å². The van der Waals surface area contributed by atoms with Crippen LogP contribution in [-0.2, 0) is 13.1 Å². The van der Waals surface area contributed by atoms with Crippen LogP contribution >= 0.6 is 0 Å². The first-order valence-electron chi connectivity index (χ1n) is 6.25. The topological polar surface area (TPSA) is 54.7 Å². The summed E-state index contributed by atoms with van der Waals surface area (Å²) in [5, 5.41) is 10.2. The zero-order chi connectivity index (χ0) is 13.2. The fraction of sp³-hybridized carbons (Fsp3) is 0.400. The maximum Gasteiger partial charge on any atom is 0.0684 e. The fourth-order valence-electron chi connectivity index (χ4n) is 2.03. The molecule has 94 valence electrons. The molecule has 0 amide bonds. The number of benzene rings is 1. The Bertz CT molecular complexity index is 587. The zero-order valence-corrected chi connectivity index (χ0v) is 11.0. The molecule has 0 atom stereocenters. The van der Waals surface area contributed by atoms with Gasteiger partial charge < -0.3 is 10.3 Å². The van der Waals surface area contributed by atoms with Gasteiger partial charge in [-0.05, 0) is 49.4 Å². The molecule has 0 unspecified atom stereocenters. The van der Waals surface area contributed by atoms with E-state index in [2.05, 4.69) is 41.1 Å². The number of aryl methyl sites for hydroxylation is 1. The summed E-state index contributed by atoms with van der Waals surface area (Å²) in [5.74, 6) is 0. The lowest BCUT2D eigenvalue weighted by molar-refractivity contribution is 0.417. The van der Waals surface area contributed by atoms with Crippen molar-refractivity contribution in [3.63, 3.8) is 0 Å². The molecule has 0 saturated heterocycles. The average molecular weight is 241 g/mol. The molecule has 0 aliphatic rings. The van der Waals surface area contributed by atoms with Gasteiger partial charge in [-0.2, -0.15) is 5.26 Å². The largest absolute Gasteiger partial charge is 0.347 e. The van der Waals surface area contributed by atoms with E-state index < -0.39 is 0 Å². The lowest BCUT2D eigenvalue weighted by atomic mass is 9.91. The number of aromatic nitrogens is 1. The monoisotopic (exact) mass is 241 g/mol. The Morgan fingerprint density at radius 1 is 1.33 bits per heavy atom. The van der Waals surface area contributed by atoms with Crippen LogP contribution < -0.4 is 5.73 Å². The minimum atomic E-state index is -0.270. The summed E-state index contributed by atoms with van der Waals surface area (Å²) in [6, 6.07) is 10.7. The van der Waals surface area contributed by atoms with Gasteiger partial charge in [-0.3, -0.25) is 0 Å². The van der Waals surface area contributed by atoms with Gasteiger partial charge in [0.15, 0.2) is 0 Å². The zero-order valence-electron chi connectivity index (χ0n) is 11.0. The van der Waals surface area contributed by atoms with E-state index >= 15 is 0 Å². The van der Waals surface area contributed by atoms with Crippen LogP contribution in [0.15, 0.2) is 30.5 Å². The molecule has 0 radical (unpaired) electrons. The molecule has 0 saturated carbocycles. The van der Waals surface area contributed by atoms with Crippen LogP contribution in [0.25, 0.3) is 10.9 Å². The van der Waals surface area contributed by atoms with E-state index in [0.29, 0.717) is 6.54 Å². The predicted octanol–water partition coefficient (Wildman–Crippen LogP) is 3.04. The Labute approximate surface area is 108 Å². The minimum absolute atomic E-state index is 0.270. The van der Waals surface area contributed by atoms with Gasteiger partial charge in [0, 0.05) is 24.8 Å². The third-order valence-electron chi connectivity index (χ3n) is 3.35. The van der Waals surface area contributed by atoms with Crippen LogP contribution in [0.1, 0.15) is 25.8 Å². The van der Waals surface area contributed by atoms with Crippen LogP contribution in [-0.4, -0.2) is 4.57 Å². The molecule has 0 aliphatic heterocycles. The van der Waals surface area contributed by atoms with Crippen LogP contribution in [0.3, 0.4) is 0 Å². The van der Waals surface area contributed by atoms with E-state index in [1.807, 2.05) is 13.8 Å².